The van der Waals surface area contributed by atoms with Crippen molar-refractivity contribution in [3.63, 3.8) is 0 Å². The number of aromatic nitrogens is 5. The predicted molar refractivity (Wildman–Crippen MR) is 108 cm³/mol. The molecule has 1 atom stereocenters. The fourth-order valence-corrected chi connectivity index (χ4v) is 3.99. The van der Waals surface area contributed by atoms with Crippen LogP contribution in [0.15, 0.2) is 6.07 Å². The Morgan fingerprint density at radius 3 is 2.57 bits per heavy atom. The van der Waals surface area contributed by atoms with E-state index in [9.17, 15) is 4.79 Å². The monoisotopic (exact) mass is 384 g/mol. The van der Waals surface area contributed by atoms with Crippen LogP contribution >= 0.6 is 0 Å². The van der Waals surface area contributed by atoms with Crippen molar-refractivity contribution in [2.75, 3.05) is 13.1 Å². The number of hydrogen-bond donors (Lipinski definition) is 1. The van der Waals surface area contributed by atoms with Crippen LogP contribution < -0.4 is 0 Å². The Morgan fingerprint density at radius 2 is 1.96 bits per heavy atom. The first-order chi connectivity index (χ1) is 13.2. The summed E-state index contributed by atoms with van der Waals surface area (Å²) in [5.74, 6) is 2.99. The van der Waals surface area contributed by atoms with Crippen LogP contribution in [-0.2, 0) is 5.54 Å². The fraction of sp³-hybridized carbons (Fsp3) is 0.714. The minimum Gasteiger partial charge on any atom is -0.337 e. The summed E-state index contributed by atoms with van der Waals surface area (Å²) < 4.78 is 2.00. The van der Waals surface area contributed by atoms with Gasteiger partial charge in [0.25, 0.3) is 5.91 Å². The minimum atomic E-state index is -0.152. The first-order valence-corrected chi connectivity index (χ1v) is 10.6. The third kappa shape index (κ3) is 3.71. The van der Waals surface area contributed by atoms with E-state index in [0.717, 1.165) is 36.7 Å². The van der Waals surface area contributed by atoms with Gasteiger partial charge in [-0.05, 0) is 58.4 Å². The number of nitrogens with zero attached hydrogens (tertiary/aromatic N) is 5. The van der Waals surface area contributed by atoms with Crippen LogP contribution in [0.1, 0.15) is 106 Å². The molecule has 3 heterocycles. The van der Waals surface area contributed by atoms with E-state index in [1.165, 1.54) is 12.8 Å². The Labute approximate surface area is 166 Å². The zero-order valence-electron chi connectivity index (χ0n) is 17.7. The average molecular weight is 385 g/mol. The average Bonchev–Trinajstić information content (AvgIpc) is 3.20. The Bertz CT molecular complexity index is 855. The molecule has 0 spiro atoms. The van der Waals surface area contributed by atoms with E-state index in [2.05, 4.69) is 44.8 Å². The summed E-state index contributed by atoms with van der Waals surface area (Å²) in [6, 6.07) is 1.97. The highest BCUT2D eigenvalue weighted by atomic mass is 16.2. The molecule has 1 saturated carbocycles. The van der Waals surface area contributed by atoms with Gasteiger partial charge in [-0.3, -0.25) is 14.6 Å². The standard InChI is InChI=1S/C21H32N6O/c1-13(2)17-11-16(25-27(17)21(3,4)5)20(28)26-10-6-7-15(12-26)19-22-18(23-24-19)14-8-9-14/h11,13-15H,6-10,12H2,1-5H3,(H,22,23,24). The maximum absolute atomic E-state index is 13.2. The van der Waals surface area contributed by atoms with E-state index in [-0.39, 0.29) is 17.4 Å². The molecule has 7 heteroatoms. The van der Waals surface area contributed by atoms with E-state index in [0.29, 0.717) is 24.1 Å². The van der Waals surface area contributed by atoms with Crippen LogP contribution in [-0.4, -0.2) is 48.9 Å². The molecule has 1 N–H and O–H groups in total. The van der Waals surface area contributed by atoms with Crippen LogP contribution in [0.4, 0.5) is 0 Å². The Morgan fingerprint density at radius 1 is 1.21 bits per heavy atom. The lowest BCUT2D eigenvalue weighted by atomic mass is 9.97. The van der Waals surface area contributed by atoms with Gasteiger partial charge in [-0.25, -0.2) is 4.98 Å². The molecule has 1 unspecified atom stereocenters. The van der Waals surface area contributed by atoms with Crippen molar-refractivity contribution in [2.24, 2.45) is 0 Å². The van der Waals surface area contributed by atoms with Gasteiger partial charge in [-0.2, -0.15) is 10.2 Å². The summed E-state index contributed by atoms with van der Waals surface area (Å²) in [6.45, 7) is 12.1. The van der Waals surface area contributed by atoms with Gasteiger partial charge in [0.2, 0.25) is 0 Å². The van der Waals surface area contributed by atoms with E-state index < -0.39 is 0 Å². The lowest BCUT2D eigenvalue weighted by Crippen LogP contribution is -2.39. The molecule has 1 aliphatic carbocycles. The van der Waals surface area contributed by atoms with Gasteiger partial charge in [0, 0.05) is 30.6 Å². The van der Waals surface area contributed by atoms with E-state index in [1.54, 1.807) is 0 Å². The van der Waals surface area contributed by atoms with Crippen molar-refractivity contribution in [1.82, 2.24) is 29.9 Å². The lowest BCUT2D eigenvalue weighted by Gasteiger charge is -2.31. The quantitative estimate of drug-likeness (QED) is 0.870. The Kier molecular flexibility index (Phi) is 4.79. The number of carbonyl (C=O) groups is 1. The summed E-state index contributed by atoms with van der Waals surface area (Å²) in [7, 11) is 0. The first kappa shape index (κ1) is 19.2. The third-order valence-electron chi connectivity index (χ3n) is 5.74. The highest BCUT2D eigenvalue weighted by Crippen LogP contribution is 2.38. The Hall–Kier alpha value is -2.18. The predicted octanol–water partition coefficient (Wildman–Crippen LogP) is 3.78. The number of rotatable bonds is 4. The molecule has 0 aromatic carbocycles. The van der Waals surface area contributed by atoms with Crippen molar-refractivity contribution < 1.29 is 4.79 Å². The van der Waals surface area contributed by atoms with Crippen molar-refractivity contribution in [2.45, 2.75) is 83.6 Å². The molecule has 2 aliphatic rings. The number of piperidine rings is 1. The second-order valence-corrected chi connectivity index (χ2v) is 9.64. The minimum absolute atomic E-state index is 0.0209. The van der Waals surface area contributed by atoms with Gasteiger partial charge in [0.15, 0.2) is 11.5 Å². The highest BCUT2D eigenvalue weighted by Gasteiger charge is 2.32. The molecule has 2 aromatic heterocycles. The molecule has 2 fully saturated rings. The molecule has 152 valence electrons. The molecule has 1 amide bonds. The van der Waals surface area contributed by atoms with Crippen molar-refractivity contribution in [3.8, 4) is 0 Å². The number of amides is 1. The van der Waals surface area contributed by atoms with Crippen LogP contribution in [0, 0.1) is 0 Å². The summed E-state index contributed by atoms with van der Waals surface area (Å²) in [4.78, 5) is 19.9. The number of aromatic amines is 1. The normalized spacial score (nSPS) is 20.8. The Balaban J connectivity index is 1.52. The maximum atomic E-state index is 13.2. The van der Waals surface area contributed by atoms with E-state index in [1.807, 2.05) is 15.6 Å². The number of likely N-dealkylation sites (tertiary alicyclic amines) is 1. The molecule has 2 aromatic rings. The largest absolute Gasteiger partial charge is 0.337 e. The number of nitrogens with one attached hydrogen (secondary N) is 1. The zero-order valence-corrected chi connectivity index (χ0v) is 17.7. The molecule has 0 radical (unpaired) electrons. The second-order valence-electron chi connectivity index (χ2n) is 9.64. The van der Waals surface area contributed by atoms with Gasteiger partial charge in [-0.1, -0.05) is 13.8 Å². The third-order valence-corrected chi connectivity index (χ3v) is 5.74. The molecular formula is C21H32N6O. The highest BCUT2D eigenvalue weighted by molar-refractivity contribution is 5.92. The van der Waals surface area contributed by atoms with Gasteiger partial charge >= 0.3 is 0 Å². The SMILES string of the molecule is CC(C)c1cc(C(=O)N2CCCC(c3n[nH]c(C4CC4)n3)C2)nn1C(C)(C)C. The van der Waals surface area contributed by atoms with Crippen LogP contribution in [0.2, 0.25) is 0 Å². The topological polar surface area (TPSA) is 79.7 Å². The van der Waals surface area contributed by atoms with E-state index >= 15 is 0 Å². The molecule has 4 rings (SSSR count). The van der Waals surface area contributed by atoms with Crippen molar-refractivity contribution in [1.29, 1.82) is 0 Å². The van der Waals surface area contributed by atoms with E-state index in [4.69, 9.17) is 10.1 Å². The first-order valence-electron chi connectivity index (χ1n) is 10.6. The molecule has 1 aliphatic heterocycles. The molecule has 7 nitrogen and oxygen atoms in total. The maximum Gasteiger partial charge on any atom is 0.274 e. The molecule has 1 saturated heterocycles. The summed E-state index contributed by atoms with van der Waals surface area (Å²) in [5, 5.41) is 12.2. The van der Waals surface area contributed by atoms with Crippen molar-refractivity contribution >= 4 is 5.91 Å². The van der Waals surface area contributed by atoms with Gasteiger partial charge in [0.1, 0.15) is 5.82 Å². The summed E-state index contributed by atoms with van der Waals surface area (Å²) >= 11 is 0. The van der Waals surface area contributed by atoms with Crippen LogP contribution in [0.5, 0.6) is 0 Å². The van der Waals surface area contributed by atoms with Gasteiger partial charge in [0.05, 0.1) is 5.54 Å². The number of carbonyl (C=O) groups excluding carboxylic acids is 1. The van der Waals surface area contributed by atoms with Crippen LogP contribution in [0.3, 0.4) is 0 Å². The smallest absolute Gasteiger partial charge is 0.274 e. The summed E-state index contributed by atoms with van der Waals surface area (Å²) in [5.41, 5.74) is 1.50. The zero-order chi connectivity index (χ0) is 20.1. The number of hydrogen-bond acceptors (Lipinski definition) is 4. The van der Waals surface area contributed by atoms with Crippen molar-refractivity contribution in [3.05, 3.63) is 29.1 Å². The van der Waals surface area contributed by atoms with Crippen LogP contribution in [0.25, 0.3) is 0 Å². The summed E-state index contributed by atoms with van der Waals surface area (Å²) in [6.07, 6.45) is 4.41. The second kappa shape index (κ2) is 7.01. The number of H-pyrrole nitrogens is 1. The van der Waals surface area contributed by atoms with Gasteiger partial charge in [-0.15, -0.1) is 0 Å². The van der Waals surface area contributed by atoms with Gasteiger partial charge < -0.3 is 4.90 Å². The molecule has 0 bridgehead atoms. The molecular weight excluding hydrogens is 352 g/mol. The fourth-order valence-electron chi connectivity index (χ4n) is 3.99. The lowest BCUT2D eigenvalue weighted by molar-refractivity contribution is 0.0697. The molecule has 28 heavy (non-hydrogen) atoms.